The van der Waals surface area contributed by atoms with E-state index in [1.165, 1.54) is 12.0 Å². The van der Waals surface area contributed by atoms with Gasteiger partial charge < -0.3 is 9.47 Å². The van der Waals surface area contributed by atoms with Gasteiger partial charge in [-0.15, -0.1) is 0 Å². The minimum absolute atomic E-state index is 0.493. The number of rotatable bonds is 6. The molecule has 1 aliphatic heterocycles. The molecule has 0 N–H and O–H groups in total. The summed E-state index contributed by atoms with van der Waals surface area (Å²) < 4.78 is 10.8. The Bertz CT molecular complexity index is 344. The molecule has 0 saturated carbocycles. The Morgan fingerprint density at radius 2 is 1.88 bits per heavy atom. The Balaban J connectivity index is 1.97. The molecule has 2 nitrogen and oxygen atoms in total. The van der Waals surface area contributed by atoms with Crippen LogP contribution in [0, 0.1) is 0 Å². The first-order valence-corrected chi connectivity index (χ1v) is 6.57. The zero-order valence-corrected chi connectivity index (χ0v) is 11.0. The van der Waals surface area contributed by atoms with Crippen LogP contribution in [0.1, 0.15) is 44.6 Å². The Morgan fingerprint density at radius 3 is 2.35 bits per heavy atom. The fourth-order valence-corrected chi connectivity index (χ4v) is 2.44. The third kappa shape index (κ3) is 3.01. The highest BCUT2D eigenvalue weighted by Gasteiger charge is 2.38. The van der Waals surface area contributed by atoms with Crippen LogP contribution in [0.5, 0.6) is 5.75 Å². The van der Waals surface area contributed by atoms with Gasteiger partial charge in [0.2, 0.25) is 0 Å². The van der Waals surface area contributed by atoms with Crippen LogP contribution in [-0.2, 0) is 4.74 Å². The average molecular weight is 234 g/mol. The molecule has 2 rings (SSSR count). The van der Waals surface area contributed by atoms with Crippen molar-refractivity contribution in [1.82, 2.24) is 0 Å². The first-order chi connectivity index (χ1) is 8.28. The van der Waals surface area contributed by atoms with E-state index in [-0.39, 0.29) is 0 Å². The number of hydrogen-bond acceptors (Lipinski definition) is 2. The SMILES string of the molecule is CCC(CC1OC1CC)c1ccc(OC)cc1. The van der Waals surface area contributed by atoms with Crippen LogP contribution in [0.25, 0.3) is 0 Å². The zero-order chi connectivity index (χ0) is 12.3. The number of hydrogen-bond donors (Lipinski definition) is 0. The van der Waals surface area contributed by atoms with Gasteiger partial charge in [0, 0.05) is 0 Å². The van der Waals surface area contributed by atoms with E-state index in [0.29, 0.717) is 18.1 Å². The maximum Gasteiger partial charge on any atom is 0.118 e. The summed E-state index contributed by atoms with van der Waals surface area (Å²) in [5.74, 6) is 1.54. The topological polar surface area (TPSA) is 21.8 Å². The molecule has 0 radical (unpaired) electrons. The number of ether oxygens (including phenoxy) is 2. The lowest BCUT2D eigenvalue weighted by Gasteiger charge is -2.14. The molecular weight excluding hydrogens is 212 g/mol. The summed E-state index contributed by atoms with van der Waals surface area (Å²) in [5.41, 5.74) is 1.40. The molecule has 1 aromatic carbocycles. The van der Waals surface area contributed by atoms with Crippen molar-refractivity contribution in [2.24, 2.45) is 0 Å². The molecule has 3 atom stereocenters. The van der Waals surface area contributed by atoms with Crippen LogP contribution in [0.3, 0.4) is 0 Å². The van der Waals surface area contributed by atoms with Crippen LogP contribution in [0.15, 0.2) is 24.3 Å². The smallest absolute Gasteiger partial charge is 0.118 e. The standard InChI is InChI=1S/C15H22O2/c1-4-11(10-15-14(5-2)17-15)12-6-8-13(16-3)9-7-12/h6-9,11,14-15H,4-5,10H2,1-3H3. The summed E-state index contributed by atoms with van der Waals surface area (Å²) in [5, 5.41) is 0. The van der Waals surface area contributed by atoms with E-state index in [9.17, 15) is 0 Å². The van der Waals surface area contributed by atoms with Crippen LogP contribution in [0.4, 0.5) is 0 Å². The third-order valence-corrected chi connectivity index (χ3v) is 3.69. The molecule has 0 aromatic heterocycles. The molecule has 1 aliphatic rings. The molecule has 2 heteroatoms. The van der Waals surface area contributed by atoms with E-state index in [1.54, 1.807) is 7.11 Å². The number of epoxide rings is 1. The van der Waals surface area contributed by atoms with Gasteiger partial charge >= 0.3 is 0 Å². The van der Waals surface area contributed by atoms with Crippen molar-refractivity contribution in [3.63, 3.8) is 0 Å². The Morgan fingerprint density at radius 1 is 1.18 bits per heavy atom. The summed E-state index contributed by atoms with van der Waals surface area (Å²) in [6.07, 6.45) is 4.47. The molecule has 3 unspecified atom stereocenters. The molecule has 0 spiro atoms. The van der Waals surface area contributed by atoms with Gasteiger partial charge in [0.1, 0.15) is 5.75 Å². The highest BCUT2D eigenvalue weighted by molar-refractivity contribution is 5.29. The van der Waals surface area contributed by atoms with Gasteiger partial charge in [-0.2, -0.15) is 0 Å². The van der Waals surface area contributed by atoms with Crippen LogP contribution >= 0.6 is 0 Å². The van der Waals surface area contributed by atoms with E-state index in [1.807, 2.05) is 12.1 Å². The van der Waals surface area contributed by atoms with Crippen molar-refractivity contribution < 1.29 is 9.47 Å². The van der Waals surface area contributed by atoms with Crippen LogP contribution in [0.2, 0.25) is 0 Å². The lowest BCUT2D eigenvalue weighted by Crippen LogP contribution is -2.03. The molecule has 17 heavy (non-hydrogen) atoms. The van der Waals surface area contributed by atoms with Gasteiger partial charge in [0.15, 0.2) is 0 Å². The van der Waals surface area contributed by atoms with Gasteiger partial charge in [-0.25, -0.2) is 0 Å². The lowest BCUT2D eigenvalue weighted by molar-refractivity contribution is 0.349. The van der Waals surface area contributed by atoms with E-state index >= 15 is 0 Å². The minimum atomic E-state index is 0.493. The third-order valence-electron chi connectivity index (χ3n) is 3.69. The van der Waals surface area contributed by atoms with Gasteiger partial charge in [-0.3, -0.25) is 0 Å². The molecule has 0 amide bonds. The van der Waals surface area contributed by atoms with Gasteiger partial charge in [0.25, 0.3) is 0 Å². The van der Waals surface area contributed by atoms with Crippen LogP contribution in [-0.4, -0.2) is 19.3 Å². The largest absolute Gasteiger partial charge is 0.497 e. The second-order valence-corrected chi connectivity index (χ2v) is 4.74. The predicted molar refractivity (Wildman–Crippen MR) is 69.6 cm³/mol. The molecule has 0 bridgehead atoms. The highest BCUT2D eigenvalue weighted by Crippen LogP contribution is 2.36. The summed E-state index contributed by atoms with van der Waals surface area (Å²) >= 11 is 0. The van der Waals surface area contributed by atoms with Crippen molar-refractivity contribution in [3.8, 4) is 5.75 Å². The molecule has 1 heterocycles. The van der Waals surface area contributed by atoms with Gasteiger partial charge in [-0.05, 0) is 42.9 Å². The molecule has 1 saturated heterocycles. The van der Waals surface area contributed by atoms with Gasteiger partial charge in [-0.1, -0.05) is 26.0 Å². The van der Waals surface area contributed by atoms with E-state index in [0.717, 1.165) is 18.6 Å². The summed E-state index contributed by atoms with van der Waals surface area (Å²) in [6.45, 7) is 4.44. The monoisotopic (exact) mass is 234 g/mol. The highest BCUT2D eigenvalue weighted by atomic mass is 16.6. The Hall–Kier alpha value is -1.02. The molecule has 1 aromatic rings. The quantitative estimate of drug-likeness (QED) is 0.699. The maximum atomic E-state index is 5.64. The van der Waals surface area contributed by atoms with Crippen molar-refractivity contribution in [2.45, 2.75) is 51.2 Å². The second-order valence-electron chi connectivity index (χ2n) is 4.74. The van der Waals surface area contributed by atoms with E-state index < -0.39 is 0 Å². The van der Waals surface area contributed by atoms with Gasteiger partial charge in [0.05, 0.1) is 19.3 Å². The second kappa shape index (κ2) is 5.54. The van der Waals surface area contributed by atoms with Crippen molar-refractivity contribution >= 4 is 0 Å². The molecule has 0 aliphatic carbocycles. The number of benzene rings is 1. The fraction of sp³-hybridized carbons (Fsp3) is 0.600. The summed E-state index contributed by atoms with van der Waals surface area (Å²) in [4.78, 5) is 0. The predicted octanol–water partition coefficient (Wildman–Crippen LogP) is 3.76. The Labute approximate surface area is 104 Å². The zero-order valence-electron chi connectivity index (χ0n) is 11.0. The first kappa shape index (κ1) is 12.4. The van der Waals surface area contributed by atoms with E-state index in [4.69, 9.17) is 9.47 Å². The average Bonchev–Trinajstić information content (AvgIpc) is 3.14. The normalized spacial score (nSPS) is 24.4. The lowest BCUT2D eigenvalue weighted by atomic mass is 9.91. The van der Waals surface area contributed by atoms with E-state index in [2.05, 4.69) is 26.0 Å². The van der Waals surface area contributed by atoms with Crippen molar-refractivity contribution in [3.05, 3.63) is 29.8 Å². The maximum absolute atomic E-state index is 5.64. The summed E-state index contributed by atoms with van der Waals surface area (Å²) in [7, 11) is 1.70. The Kier molecular flexibility index (Phi) is 4.06. The molecule has 1 fully saturated rings. The van der Waals surface area contributed by atoms with Crippen LogP contribution < -0.4 is 4.74 Å². The minimum Gasteiger partial charge on any atom is -0.497 e. The van der Waals surface area contributed by atoms with Crippen molar-refractivity contribution in [2.75, 3.05) is 7.11 Å². The molecular formula is C15H22O2. The number of methoxy groups -OCH3 is 1. The summed E-state index contributed by atoms with van der Waals surface area (Å²) in [6, 6.07) is 8.44. The van der Waals surface area contributed by atoms with Crippen molar-refractivity contribution in [1.29, 1.82) is 0 Å². The molecule has 94 valence electrons. The first-order valence-electron chi connectivity index (χ1n) is 6.57. The fourth-order valence-electron chi connectivity index (χ4n) is 2.44.